The number of benzene rings is 1. The predicted molar refractivity (Wildman–Crippen MR) is 75.9 cm³/mol. The van der Waals surface area contributed by atoms with Gasteiger partial charge in [-0.2, -0.15) is 5.26 Å². The maximum Gasteiger partial charge on any atom is 0.419 e. The summed E-state index contributed by atoms with van der Waals surface area (Å²) in [7, 11) is 0. The number of urea groups is 1. The van der Waals surface area contributed by atoms with Crippen LogP contribution in [0, 0.1) is 11.3 Å². The molecule has 1 aromatic carbocycles. The number of carbonyl (C=O) groups excluding carboxylic acids is 1. The van der Waals surface area contributed by atoms with Gasteiger partial charge in [0.15, 0.2) is 0 Å². The van der Waals surface area contributed by atoms with Crippen molar-refractivity contribution in [2.75, 3.05) is 0 Å². The van der Waals surface area contributed by atoms with Gasteiger partial charge in [0.05, 0.1) is 27.7 Å². The van der Waals surface area contributed by atoms with Gasteiger partial charge in [0, 0.05) is 5.70 Å². The highest BCUT2D eigenvalue weighted by Crippen LogP contribution is 2.36. The minimum atomic E-state index is -1.46. The summed E-state index contributed by atoms with van der Waals surface area (Å²) in [6.45, 7) is 1.39. The van der Waals surface area contributed by atoms with E-state index < -0.39 is 18.2 Å². The Kier molecular flexibility index (Phi) is 4.07. The third kappa shape index (κ3) is 2.53. The second-order valence-corrected chi connectivity index (χ2v) is 5.04. The van der Waals surface area contributed by atoms with Crippen LogP contribution in [0.15, 0.2) is 29.5 Å². The van der Waals surface area contributed by atoms with Crippen LogP contribution < -0.4 is 5.32 Å². The molecule has 1 atom stereocenters. The van der Waals surface area contributed by atoms with Crippen molar-refractivity contribution in [1.29, 1.82) is 5.26 Å². The zero-order chi connectivity index (χ0) is 15.7. The molecule has 108 valence electrons. The standard InChI is InChI=1S/C13H9Cl2N3O3/c1-6-8(5-16)11(17-12(19)18(6)13(20)21)7-3-2-4-9(14)10(7)15/h2-4,11H,1H3,(H,17,19)(H,20,21). The van der Waals surface area contributed by atoms with E-state index in [1.54, 1.807) is 18.2 Å². The average molecular weight is 326 g/mol. The second-order valence-electron chi connectivity index (χ2n) is 4.25. The minimum absolute atomic E-state index is 0.0368. The van der Waals surface area contributed by atoms with Crippen LogP contribution in [0.2, 0.25) is 10.0 Å². The van der Waals surface area contributed by atoms with Gasteiger partial charge in [0.2, 0.25) is 0 Å². The average Bonchev–Trinajstić information content (AvgIpc) is 2.41. The molecule has 21 heavy (non-hydrogen) atoms. The molecule has 1 aromatic rings. The van der Waals surface area contributed by atoms with Gasteiger partial charge in [-0.25, -0.2) is 14.5 Å². The summed E-state index contributed by atoms with van der Waals surface area (Å²) in [6.07, 6.45) is -1.46. The van der Waals surface area contributed by atoms with Crippen LogP contribution >= 0.6 is 23.2 Å². The lowest BCUT2D eigenvalue weighted by atomic mass is 9.96. The number of nitrogens with one attached hydrogen (secondary N) is 1. The normalized spacial score (nSPS) is 18.3. The van der Waals surface area contributed by atoms with Crippen LogP contribution in [0.1, 0.15) is 18.5 Å². The topological polar surface area (TPSA) is 93.4 Å². The summed E-state index contributed by atoms with van der Waals surface area (Å²) in [4.78, 5) is 23.5. The largest absolute Gasteiger partial charge is 0.464 e. The summed E-state index contributed by atoms with van der Waals surface area (Å²) >= 11 is 12.0. The minimum Gasteiger partial charge on any atom is -0.464 e. The van der Waals surface area contributed by atoms with Gasteiger partial charge >= 0.3 is 12.1 Å². The molecule has 0 aliphatic carbocycles. The van der Waals surface area contributed by atoms with E-state index in [-0.39, 0.29) is 21.3 Å². The van der Waals surface area contributed by atoms with E-state index in [0.29, 0.717) is 10.5 Å². The molecule has 0 saturated carbocycles. The van der Waals surface area contributed by atoms with Gasteiger partial charge in [0.1, 0.15) is 0 Å². The van der Waals surface area contributed by atoms with E-state index in [1.807, 2.05) is 6.07 Å². The molecule has 2 N–H and O–H groups in total. The van der Waals surface area contributed by atoms with E-state index in [9.17, 15) is 14.9 Å². The Morgan fingerprint density at radius 3 is 2.71 bits per heavy atom. The van der Waals surface area contributed by atoms with Crippen molar-refractivity contribution in [3.8, 4) is 6.07 Å². The van der Waals surface area contributed by atoms with Crippen molar-refractivity contribution < 1.29 is 14.7 Å². The molecule has 2 rings (SSSR count). The maximum atomic E-state index is 11.9. The molecule has 0 bridgehead atoms. The molecule has 0 radical (unpaired) electrons. The Balaban J connectivity index is 2.61. The lowest BCUT2D eigenvalue weighted by molar-refractivity contribution is 0.155. The van der Waals surface area contributed by atoms with Crippen molar-refractivity contribution in [2.45, 2.75) is 13.0 Å². The second kappa shape index (κ2) is 5.64. The molecule has 1 aliphatic heterocycles. The van der Waals surface area contributed by atoms with Crippen molar-refractivity contribution in [3.05, 3.63) is 45.1 Å². The summed E-state index contributed by atoms with van der Waals surface area (Å²) in [6, 6.07) is 5.04. The number of carboxylic acid groups (broad SMARTS) is 1. The molecule has 3 amide bonds. The number of rotatable bonds is 1. The number of hydrogen-bond donors (Lipinski definition) is 2. The molecule has 0 fully saturated rings. The smallest absolute Gasteiger partial charge is 0.419 e. The number of allylic oxidation sites excluding steroid dienone is 1. The van der Waals surface area contributed by atoms with E-state index in [2.05, 4.69) is 5.32 Å². The number of hydrogen-bond acceptors (Lipinski definition) is 3. The van der Waals surface area contributed by atoms with Crippen LogP contribution in [-0.2, 0) is 0 Å². The summed E-state index contributed by atoms with van der Waals surface area (Å²) in [5.74, 6) is 0. The highest BCUT2D eigenvalue weighted by molar-refractivity contribution is 6.42. The van der Waals surface area contributed by atoms with Gasteiger partial charge in [-0.3, -0.25) is 0 Å². The molecule has 0 saturated heterocycles. The fourth-order valence-electron chi connectivity index (χ4n) is 2.09. The Labute approximate surface area is 130 Å². The maximum absolute atomic E-state index is 11.9. The zero-order valence-electron chi connectivity index (χ0n) is 10.7. The Bertz CT molecular complexity index is 709. The number of nitrogens with zero attached hydrogens (tertiary/aromatic N) is 2. The molecule has 1 unspecified atom stereocenters. The molecular formula is C13H9Cl2N3O3. The Morgan fingerprint density at radius 2 is 2.14 bits per heavy atom. The summed E-state index contributed by atoms with van der Waals surface area (Å²) < 4.78 is 0. The highest BCUT2D eigenvalue weighted by atomic mass is 35.5. The molecule has 0 aromatic heterocycles. The van der Waals surface area contributed by atoms with Crippen LogP contribution in [-0.4, -0.2) is 22.1 Å². The SMILES string of the molecule is CC1=C(C#N)C(c2cccc(Cl)c2Cl)NC(=O)N1C(=O)O. The fourth-order valence-corrected chi connectivity index (χ4v) is 2.51. The molecule has 6 nitrogen and oxygen atoms in total. The van der Waals surface area contributed by atoms with Crippen LogP contribution in [0.4, 0.5) is 9.59 Å². The van der Waals surface area contributed by atoms with Crippen molar-refractivity contribution in [2.24, 2.45) is 0 Å². The van der Waals surface area contributed by atoms with Gasteiger partial charge in [0.25, 0.3) is 0 Å². The van der Waals surface area contributed by atoms with Crippen LogP contribution in [0.25, 0.3) is 0 Å². The summed E-state index contributed by atoms with van der Waals surface area (Å²) in [5.41, 5.74) is 0.550. The van der Waals surface area contributed by atoms with Crippen molar-refractivity contribution in [3.63, 3.8) is 0 Å². The highest BCUT2D eigenvalue weighted by Gasteiger charge is 2.36. The molecule has 1 aliphatic rings. The first-order chi connectivity index (χ1) is 9.88. The predicted octanol–water partition coefficient (Wildman–Crippen LogP) is 3.54. The first kappa shape index (κ1) is 15.2. The van der Waals surface area contributed by atoms with Crippen molar-refractivity contribution >= 4 is 35.3 Å². The van der Waals surface area contributed by atoms with E-state index >= 15 is 0 Å². The van der Waals surface area contributed by atoms with Crippen LogP contribution in [0.3, 0.4) is 0 Å². The lowest BCUT2D eigenvalue weighted by Gasteiger charge is -2.31. The van der Waals surface area contributed by atoms with Gasteiger partial charge < -0.3 is 10.4 Å². The van der Waals surface area contributed by atoms with E-state index in [4.69, 9.17) is 28.3 Å². The summed E-state index contributed by atoms with van der Waals surface area (Å²) in [5, 5.41) is 21.2. The first-order valence-electron chi connectivity index (χ1n) is 5.76. The van der Waals surface area contributed by atoms with Gasteiger partial charge in [-0.15, -0.1) is 0 Å². The van der Waals surface area contributed by atoms with Gasteiger partial charge in [-0.05, 0) is 18.6 Å². The lowest BCUT2D eigenvalue weighted by Crippen LogP contribution is -2.48. The van der Waals surface area contributed by atoms with Crippen LogP contribution in [0.5, 0.6) is 0 Å². The van der Waals surface area contributed by atoms with Crippen molar-refractivity contribution in [1.82, 2.24) is 10.2 Å². The van der Waals surface area contributed by atoms with Gasteiger partial charge in [-0.1, -0.05) is 35.3 Å². The number of halogens is 2. The molecule has 1 heterocycles. The fraction of sp³-hybridized carbons (Fsp3) is 0.154. The zero-order valence-corrected chi connectivity index (χ0v) is 12.2. The Morgan fingerprint density at radius 1 is 1.48 bits per heavy atom. The third-order valence-electron chi connectivity index (χ3n) is 3.09. The Hall–Kier alpha value is -2.23. The number of carbonyl (C=O) groups is 2. The molecule has 0 spiro atoms. The first-order valence-corrected chi connectivity index (χ1v) is 6.52. The molecule has 8 heteroatoms. The number of amides is 3. The third-order valence-corrected chi connectivity index (χ3v) is 3.92. The monoisotopic (exact) mass is 325 g/mol. The number of nitriles is 1. The quantitative estimate of drug-likeness (QED) is 0.825. The van der Waals surface area contributed by atoms with E-state index in [0.717, 1.165) is 0 Å². The van der Waals surface area contributed by atoms with E-state index in [1.165, 1.54) is 6.92 Å². The molecular weight excluding hydrogens is 317 g/mol. The number of imide groups is 1.